The predicted octanol–water partition coefficient (Wildman–Crippen LogP) is 1.74. The summed E-state index contributed by atoms with van der Waals surface area (Å²) in [4.78, 5) is 11.7. The Morgan fingerprint density at radius 1 is 1.19 bits per heavy atom. The van der Waals surface area contributed by atoms with E-state index in [9.17, 15) is 10.0 Å². The molecule has 0 saturated heterocycles. The molecule has 21 heavy (non-hydrogen) atoms. The molecule has 1 amide bonds. The minimum absolute atomic E-state index is 0.0827. The number of anilines is 1. The topological polar surface area (TPSA) is 74.5 Å². The van der Waals surface area contributed by atoms with E-state index in [2.05, 4.69) is 5.32 Å². The number of rotatable bonds is 6. The van der Waals surface area contributed by atoms with Gasteiger partial charge in [0.2, 0.25) is 0 Å². The van der Waals surface area contributed by atoms with Crippen LogP contribution < -0.4 is 19.5 Å². The number of carbonyl (C=O) groups excluding carboxylic acids is 1. The van der Waals surface area contributed by atoms with E-state index in [1.807, 2.05) is 6.92 Å². The lowest BCUT2D eigenvalue weighted by molar-refractivity contribution is -0.612. The smallest absolute Gasteiger partial charge is 0.379 e. The fourth-order valence-electron chi connectivity index (χ4n) is 1.66. The molecule has 1 N–H and O–H groups in total. The van der Waals surface area contributed by atoms with Gasteiger partial charge in [0.05, 0.1) is 12.7 Å². The predicted molar refractivity (Wildman–Crippen MR) is 77.1 cm³/mol. The van der Waals surface area contributed by atoms with Gasteiger partial charge in [-0.05, 0) is 37.3 Å². The van der Waals surface area contributed by atoms with Crippen molar-refractivity contribution in [3.8, 4) is 11.6 Å². The molecule has 0 bridgehead atoms. The molecule has 1 aromatic heterocycles. The van der Waals surface area contributed by atoms with Crippen molar-refractivity contribution in [1.82, 2.24) is 0 Å². The molecule has 0 saturated carbocycles. The van der Waals surface area contributed by atoms with Crippen LogP contribution >= 0.6 is 0 Å². The highest BCUT2D eigenvalue weighted by atomic mass is 16.6. The molecule has 110 valence electrons. The van der Waals surface area contributed by atoms with Crippen molar-refractivity contribution in [1.29, 1.82) is 0 Å². The Morgan fingerprint density at radius 3 is 2.62 bits per heavy atom. The molecular formula is C15H16N2O4. The number of aromatic nitrogens is 1. The number of ether oxygens (including phenoxy) is 2. The molecule has 0 unspecified atom stereocenters. The number of amides is 1. The van der Waals surface area contributed by atoms with Crippen LogP contribution in [0.25, 0.3) is 0 Å². The van der Waals surface area contributed by atoms with E-state index in [0.29, 0.717) is 17.0 Å². The van der Waals surface area contributed by atoms with E-state index in [0.717, 1.165) is 5.75 Å². The van der Waals surface area contributed by atoms with Crippen LogP contribution in [0.4, 0.5) is 5.69 Å². The lowest BCUT2D eigenvalue weighted by atomic mass is 10.3. The molecule has 6 heteroatoms. The first-order chi connectivity index (χ1) is 10.2. The van der Waals surface area contributed by atoms with Crippen LogP contribution in [0.15, 0.2) is 48.7 Å². The van der Waals surface area contributed by atoms with Crippen LogP contribution in [-0.4, -0.2) is 19.1 Å². The zero-order valence-corrected chi connectivity index (χ0v) is 11.6. The van der Waals surface area contributed by atoms with Crippen molar-refractivity contribution in [3.63, 3.8) is 0 Å². The number of pyridine rings is 1. The number of hydrogen-bond donors (Lipinski definition) is 1. The molecule has 0 aliphatic rings. The van der Waals surface area contributed by atoms with E-state index in [-0.39, 0.29) is 18.4 Å². The van der Waals surface area contributed by atoms with Crippen molar-refractivity contribution in [2.24, 2.45) is 0 Å². The van der Waals surface area contributed by atoms with Crippen LogP contribution in [0.1, 0.15) is 6.92 Å². The normalized spacial score (nSPS) is 9.95. The van der Waals surface area contributed by atoms with E-state index in [1.54, 1.807) is 36.4 Å². The molecule has 0 atom stereocenters. The first-order valence-electron chi connectivity index (χ1n) is 6.52. The van der Waals surface area contributed by atoms with Crippen molar-refractivity contribution in [2.45, 2.75) is 6.92 Å². The quantitative estimate of drug-likeness (QED) is 0.649. The molecule has 6 nitrogen and oxygen atoms in total. The summed E-state index contributed by atoms with van der Waals surface area (Å²) in [5.74, 6) is 0.478. The van der Waals surface area contributed by atoms with Crippen LogP contribution in [0.2, 0.25) is 0 Å². The van der Waals surface area contributed by atoms with Gasteiger partial charge in [-0.2, -0.15) is 0 Å². The van der Waals surface area contributed by atoms with Gasteiger partial charge in [-0.25, -0.2) is 0 Å². The van der Waals surface area contributed by atoms with Crippen LogP contribution in [0.5, 0.6) is 11.6 Å². The van der Waals surface area contributed by atoms with Crippen molar-refractivity contribution in [3.05, 3.63) is 53.9 Å². The minimum atomic E-state index is -0.344. The number of hydrogen-bond acceptors (Lipinski definition) is 4. The molecule has 2 aromatic rings. The third kappa shape index (κ3) is 4.38. The third-order valence-corrected chi connectivity index (χ3v) is 2.59. The Bertz CT molecular complexity index is 599. The van der Waals surface area contributed by atoms with Gasteiger partial charge in [0.15, 0.2) is 12.8 Å². The standard InChI is InChI=1S/C15H16N2O4/c1-2-20-13-8-6-12(7-9-13)16-14(18)11-21-15-5-3-4-10-17(15)19/h3-10H,2,11H2,1H3,(H,16,18). The second-order valence-corrected chi connectivity index (χ2v) is 4.16. The Kier molecular flexibility index (Phi) is 4.98. The summed E-state index contributed by atoms with van der Waals surface area (Å²) in [6.07, 6.45) is 1.31. The molecule has 1 aromatic carbocycles. The molecule has 0 radical (unpaired) electrons. The number of carbonyl (C=O) groups is 1. The van der Waals surface area contributed by atoms with Gasteiger partial charge in [-0.1, -0.05) is 0 Å². The average Bonchev–Trinajstić information content (AvgIpc) is 2.49. The van der Waals surface area contributed by atoms with Gasteiger partial charge in [0, 0.05) is 11.8 Å². The summed E-state index contributed by atoms with van der Waals surface area (Å²) >= 11 is 0. The van der Waals surface area contributed by atoms with Crippen LogP contribution in [0, 0.1) is 5.21 Å². The third-order valence-electron chi connectivity index (χ3n) is 2.59. The maximum absolute atomic E-state index is 11.7. The lowest BCUT2D eigenvalue weighted by Crippen LogP contribution is -2.30. The summed E-state index contributed by atoms with van der Waals surface area (Å²) in [5, 5.41) is 14.0. The molecule has 0 spiro atoms. The maximum Gasteiger partial charge on any atom is 0.379 e. The van der Waals surface area contributed by atoms with Gasteiger partial charge in [0.25, 0.3) is 5.91 Å². The summed E-state index contributed by atoms with van der Waals surface area (Å²) in [6, 6.07) is 11.7. The Morgan fingerprint density at radius 2 is 1.95 bits per heavy atom. The Labute approximate surface area is 122 Å². The van der Waals surface area contributed by atoms with Gasteiger partial charge in [-0.15, -0.1) is 4.73 Å². The Hall–Kier alpha value is -2.76. The highest BCUT2D eigenvalue weighted by molar-refractivity contribution is 5.91. The minimum Gasteiger partial charge on any atom is -0.616 e. The molecular weight excluding hydrogens is 272 g/mol. The molecule has 0 aliphatic carbocycles. The first kappa shape index (κ1) is 14.6. The van der Waals surface area contributed by atoms with E-state index in [1.165, 1.54) is 12.3 Å². The SMILES string of the molecule is CCOc1ccc(NC(=O)COc2cccc[n+]2[O-])cc1. The number of nitrogens with zero attached hydrogens (tertiary/aromatic N) is 1. The van der Waals surface area contributed by atoms with E-state index >= 15 is 0 Å². The lowest BCUT2D eigenvalue weighted by Gasteiger charge is -2.08. The number of benzene rings is 1. The fourth-order valence-corrected chi connectivity index (χ4v) is 1.66. The molecule has 0 fully saturated rings. The van der Waals surface area contributed by atoms with Gasteiger partial charge >= 0.3 is 5.88 Å². The summed E-state index contributed by atoms with van der Waals surface area (Å²) in [5.41, 5.74) is 0.634. The van der Waals surface area contributed by atoms with Crippen molar-refractivity contribution >= 4 is 11.6 Å². The summed E-state index contributed by atoms with van der Waals surface area (Å²) < 4.78 is 11.0. The first-order valence-corrected chi connectivity index (χ1v) is 6.52. The van der Waals surface area contributed by atoms with Gasteiger partial charge in [-0.3, -0.25) is 4.79 Å². The zero-order valence-electron chi connectivity index (χ0n) is 11.6. The monoisotopic (exact) mass is 288 g/mol. The second kappa shape index (κ2) is 7.14. The summed E-state index contributed by atoms with van der Waals surface area (Å²) in [7, 11) is 0. The van der Waals surface area contributed by atoms with Crippen LogP contribution in [-0.2, 0) is 4.79 Å². The maximum atomic E-state index is 11.7. The molecule has 1 heterocycles. The zero-order chi connectivity index (χ0) is 15.1. The van der Waals surface area contributed by atoms with Crippen molar-refractivity contribution in [2.75, 3.05) is 18.5 Å². The molecule has 2 rings (SSSR count). The number of nitrogens with one attached hydrogen (secondary N) is 1. The summed E-state index contributed by atoms with van der Waals surface area (Å²) in [6.45, 7) is 2.25. The highest BCUT2D eigenvalue weighted by Crippen LogP contribution is 2.15. The van der Waals surface area contributed by atoms with E-state index in [4.69, 9.17) is 9.47 Å². The molecule has 0 aliphatic heterocycles. The second-order valence-electron chi connectivity index (χ2n) is 4.16. The highest BCUT2D eigenvalue weighted by Gasteiger charge is 2.08. The Balaban J connectivity index is 1.85. The fraction of sp³-hybridized carbons (Fsp3) is 0.200. The van der Waals surface area contributed by atoms with E-state index < -0.39 is 0 Å². The average molecular weight is 288 g/mol. The largest absolute Gasteiger partial charge is 0.616 e. The van der Waals surface area contributed by atoms with Gasteiger partial charge in [0.1, 0.15) is 5.75 Å². The van der Waals surface area contributed by atoms with Gasteiger partial charge < -0.3 is 20.0 Å². The van der Waals surface area contributed by atoms with Crippen LogP contribution in [0.3, 0.4) is 0 Å². The van der Waals surface area contributed by atoms with Crippen molar-refractivity contribution < 1.29 is 19.0 Å².